The van der Waals surface area contributed by atoms with Crippen LogP contribution in [0.3, 0.4) is 0 Å². The van der Waals surface area contributed by atoms with E-state index in [1.807, 2.05) is 49.5 Å². The fourth-order valence-corrected chi connectivity index (χ4v) is 3.01. The second-order valence-electron chi connectivity index (χ2n) is 5.42. The molecule has 0 aromatic heterocycles. The van der Waals surface area contributed by atoms with E-state index in [-0.39, 0.29) is 0 Å². The molecule has 0 amide bonds. The molecule has 0 spiro atoms. The van der Waals surface area contributed by atoms with Crippen molar-refractivity contribution in [3.05, 3.63) is 65.2 Å². The molecular formula is C17H19NO2. The number of rotatable bonds is 2. The van der Waals surface area contributed by atoms with Crippen molar-refractivity contribution in [2.75, 3.05) is 20.7 Å². The van der Waals surface area contributed by atoms with Crippen molar-refractivity contribution in [3.8, 4) is 5.75 Å². The predicted molar refractivity (Wildman–Crippen MR) is 78.8 cm³/mol. The van der Waals surface area contributed by atoms with E-state index in [1.165, 1.54) is 5.56 Å². The second-order valence-corrected chi connectivity index (χ2v) is 5.42. The normalized spacial score (nSPS) is 22.4. The first-order valence-corrected chi connectivity index (χ1v) is 6.77. The highest BCUT2D eigenvalue weighted by Crippen LogP contribution is 2.37. The van der Waals surface area contributed by atoms with E-state index in [4.69, 9.17) is 4.74 Å². The summed E-state index contributed by atoms with van der Waals surface area (Å²) in [6.45, 7) is 1.44. The number of β-amino-alcohol motifs (C(OH)–C–C–N with tert-alkyl or cyclic N) is 1. The monoisotopic (exact) mass is 269 g/mol. The molecule has 0 saturated heterocycles. The summed E-state index contributed by atoms with van der Waals surface area (Å²) in [6, 6.07) is 15.8. The standard InChI is InChI=1S/C17H19NO2/c1-18-11-13-6-3-4-9-16(13)17(19,12-18)14-7-5-8-15(10-14)20-2/h3-10,19H,11-12H2,1-2H3. The average molecular weight is 269 g/mol. The van der Waals surface area contributed by atoms with Crippen molar-refractivity contribution in [1.82, 2.24) is 4.90 Å². The Bertz CT molecular complexity index is 626. The van der Waals surface area contributed by atoms with E-state index >= 15 is 0 Å². The maximum Gasteiger partial charge on any atom is 0.128 e. The molecule has 1 aliphatic rings. The molecule has 0 fully saturated rings. The quantitative estimate of drug-likeness (QED) is 0.908. The first kappa shape index (κ1) is 13.2. The third kappa shape index (κ3) is 2.09. The van der Waals surface area contributed by atoms with E-state index in [1.54, 1.807) is 7.11 Å². The van der Waals surface area contributed by atoms with Crippen LogP contribution in [0.5, 0.6) is 5.75 Å². The number of ether oxygens (including phenoxy) is 1. The van der Waals surface area contributed by atoms with Gasteiger partial charge in [-0.2, -0.15) is 0 Å². The van der Waals surface area contributed by atoms with Crippen molar-refractivity contribution in [1.29, 1.82) is 0 Å². The van der Waals surface area contributed by atoms with Gasteiger partial charge in [-0.15, -0.1) is 0 Å². The van der Waals surface area contributed by atoms with Gasteiger partial charge in [0.2, 0.25) is 0 Å². The van der Waals surface area contributed by atoms with Crippen LogP contribution in [0.15, 0.2) is 48.5 Å². The third-order valence-corrected chi connectivity index (χ3v) is 3.95. The van der Waals surface area contributed by atoms with Crippen molar-refractivity contribution in [2.45, 2.75) is 12.1 Å². The first-order chi connectivity index (χ1) is 9.63. The smallest absolute Gasteiger partial charge is 0.128 e. The van der Waals surface area contributed by atoms with Crippen LogP contribution in [0, 0.1) is 0 Å². The maximum absolute atomic E-state index is 11.3. The number of benzene rings is 2. The lowest BCUT2D eigenvalue weighted by atomic mass is 9.80. The summed E-state index contributed by atoms with van der Waals surface area (Å²) in [4.78, 5) is 2.14. The van der Waals surface area contributed by atoms with Gasteiger partial charge in [0.15, 0.2) is 0 Å². The molecule has 1 unspecified atom stereocenters. The summed E-state index contributed by atoms with van der Waals surface area (Å²) >= 11 is 0. The van der Waals surface area contributed by atoms with Crippen LogP contribution in [-0.4, -0.2) is 30.7 Å². The number of nitrogens with zero attached hydrogens (tertiary/aromatic N) is 1. The summed E-state index contributed by atoms with van der Waals surface area (Å²) in [6.07, 6.45) is 0. The van der Waals surface area contributed by atoms with Gasteiger partial charge in [0.25, 0.3) is 0 Å². The molecule has 0 aliphatic carbocycles. The lowest BCUT2D eigenvalue weighted by Gasteiger charge is -2.39. The summed E-state index contributed by atoms with van der Waals surface area (Å²) in [7, 11) is 3.67. The zero-order chi connectivity index (χ0) is 14.2. The Morgan fingerprint density at radius 3 is 2.75 bits per heavy atom. The van der Waals surface area contributed by atoms with Gasteiger partial charge in [0.1, 0.15) is 11.4 Å². The molecular weight excluding hydrogens is 250 g/mol. The van der Waals surface area contributed by atoms with Gasteiger partial charge in [-0.25, -0.2) is 0 Å². The molecule has 3 heteroatoms. The van der Waals surface area contributed by atoms with Crippen molar-refractivity contribution in [2.24, 2.45) is 0 Å². The van der Waals surface area contributed by atoms with E-state index in [9.17, 15) is 5.11 Å². The van der Waals surface area contributed by atoms with Gasteiger partial charge >= 0.3 is 0 Å². The van der Waals surface area contributed by atoms with Crippen LogP contribution in [0.4, 0.5) is 0 Å². The maximum atomic E-state index is 11.3. The molecule has 1 N–H and O–H groups in total. The van der Waals surface area contributed by atoms with Crippen molar-refractivity contribution >= 4 is 0 Å². The van der Waals surface area contributed by atoms with Gasteiger partial charge in [0, 0.05) is 13.1 Å². The summed E-state index contributed by atoms with van der Waals surface area (Å²) in [5.74, 6) is 0.765. The van der Waals surface area contributed by atoms with E-state index in [2.05, 4.69) is 11.0 Å². The number of methoxy groups -OCH3 is 1. The highest BCUT2D eigenvalue weighted by molar-refractivity contribution is 5.45. The summed E-state index contributed by atoms with van der Waals surface area (Å²) in [5, 5.41) is 11.3. The zero-order valence-corrected chi connectivity index (χ0v) is 11.8. The van der Waals surface area contributed by atoms with Crippen LogP contribution in [0.2, 0.25) is 0 Å². The largest absolute Gasteiger partial charge is 0.497 e. The van der Waals surface area contributed by atoms with Crippen LogP contribution in [-0.2, 0) is 12.1 Å². The predicted octanol–water partition coefficient (Wildman–Crippen LogP) is 2.38. The lowest BCUT2D eigenvalue weighted by Crippen LogP contribution is -2.44. The number of aliphatic hydroxyl groups is 1. The molecule has 3 rings (SSSR count). The number of likely N-dealkylation sites (N-methyl/N-ethyl adjacent to an activating group) is 1. The third-order valence-electron chi connectivity index (χ3n) is 3.95. The molecule has 3 nitrogen and oxygen atoms in total. The summed E-state index contributed by atoms with van der Waals surface area (Å²) < 4.78 is 5.28. The Morgan fingerprint density at radius 1 is 1.15 bits per heavy atom. The van der Waals surface area contributed by atoms with E-state index < -0.39 is 5.60 Å². The highest BCUT2D eigenvalue weighted by atomic mass is 16.5. The van der Waals surface area contributed by atoms with E-state index in [0.717, 1.165) is 23.4 Å². The molecule has 2 aromatic carbocycles. The molecule has 1 aliphatic heterocycles. The van der Waals surface area contributed by atoms with Gasteiger partial charge in [-0.05, 0) is 35.9 Å². The SMILES string of the molecule is COc1cccc(C2(O)CN(C)Cc3ccccc32)c1. The lowest BCUT2D eigenvalue weighted by molar-refractivity contribution is 0.0281. The molecule has 20 heavy (non-hydrogen) atoms. The molecule has 1 heterocycles. The van der Waals surface area contributed by atoms with Gasteiger partial charge in [-0.1, -0.05) is 36.4 Å². The number of fused-ring (bicyclic) bond motifs is 1. The van der Waals surface area contributed by atoms with Crippen LogP contribution in [0.1, 0.15) is 16.7 Å². The topological polar surface area (TPSA) is 32.7 Å². The van der Waals surface area contributed by atoms with Crippen LogP contribution in [0.25, 0.3) is 0 Å². The molecule has 104 valence electrons. The number of hydrogen-bond acceptors (Lipinski definition) is 3. The summed E-state index contributed by atoms with van der Waals surface area (Å²) in [5.41, 5.74) is 2.05. The molecule has 0 bridgehead atoms. The van der Waals surface area contributed by atoms with Crippen molar-refractivity contribution in [3.63, 3.8) is 0 Å². The Labute approximate surface area is 119 Å². The van der Waals surface area contributed by atoms with Crippen LogP contribution < -0.4 is 4.74 Å². The minimum atomic E-state index is -0.988. The Kier molecular flexibility index (Phi) is 3.24. The van der Waals surface area contributed by atoms with Crippen molar-refractivity contribution < 1.29 is 9.84 Å². The molecule has 0 saturated carbocycles. The molecule has 2 aromatic rings. The minimum Gasteiger partial charge on any atom is -0.497 e. The molecule has 1 atom stereocenters. The Hall–Kier alpha value is -1.84. The molecule has 0 radical (unpaired) electrons. The Balaban J connectivity index is 2.15. The first-order valence-electron chi connectivity index (χ1n) is 6.77. The minimum absolute atomic E-state index is 0.581. The van der Waals surface area contributed by atoms with Gasteiger partial charge < -0.3 is 9.84 Å². The van der Waals surface area contributed by atoms with Crippen LogP contribution >= 0.6 is 0 Å². The van der Waals surface area contributed by atoms with E-state index in [0.29, 0.717) is 6.54 Å². The Morgan fingerprint density at radius 2 is 1.95 bits per heavy atom. The highest BCUT2D eigenvalue weighted by Gasteiger charge is 2.38. The fraction of sp³-hybridized carbons (Fsp3) is 0.294. The zero-order valence-electron chi connectivity index (χ0n) is 11.8. The average Bonchev–Trinajstić information content (AvgIpc) is 2.47. The fourth-order valence-electron chi connectivity index (χ4n) is 3.01. The van der Waals surface area contributed by atoms with Gasteiger partial charge in [-0.3, -0.25) is 4.90 Å². The number of hydrogen-bond donors (Lipinski definition) is 1. The second kappa shape index (κ2) is 4.93. The van der Waals surface area contributed by atoms with Gasteiger partial charge in [0.05, 0.1) is 7.11 Å².